The minimum absolute atomic E-state index is 0.142. The van der Waals surface area contributed by atoms with Gasteiger partial charge in [0.05, 0.1) is 50.8 Å². The third-order valence-electron chi connectivity index (χ3n) is 4.96. The summed E-state index contributed by atoms with van der Waals surface area (Å²) >= 11 is 0. The van der Waals surface area contributed by atoms with Gasteiger partial charge < -0.3 is 34.3 Å². The molecule has 30 heavy (non-hydrogen) atoms. The number of hydrogen-bond acceptors (Lipinski definition) is 8. The number of fused-ring (bicyclic) bond motifs is 1. The van der Waals surface area contributed by atoms with Crippen molar-refractivity contribution in [1.29, 1.82) is 0 Å². The van der Waals surface area contributed by atoms with Gasteiger partial charge in [-0.05, 0) is 25.3 Å². The molecule has 3 saturated heterocycles. The monoisotopic (exact) mass is 434 g/mol. The van der Waals surface area contributed by atoms with Crippen LogP contribution in [0.5, 0.6) is 0 Å². The lowest BCUT2D eigenvalue weighted by Crippen LogP contribution is -2.53. The molecule has 3 N–H and O–H groups in total. The van der Waals surface area contributed by atoms with E-state index >= 15 is 0 Å². The largest absolute Gasteiger partial charge is 0.469 e. The first-order chi connectivity index (χ1) is 14.3. The molecular formula is C22H42O8. The van der Waals surface area contributed by atoms with Crippen LogP contribution in [-0.4, -0.2) is 84.8 Å². The Hall–Kier alpha value is -1.03. The molecule has 8 heteroatoms. The van der Waals surface area contributed by atoms with E-state index in [1.54, 1.807) is 6.92 Å². The molecule has 178 valence electrons. The number of aliphatic hydroxyl groups is 3. The van der Waals surface area contributed by atoms with Crippen LogP contribution in [0.15, 0.2) is 12.2 Å². The van der Waals surface area contributed by atoms with Crippen molar-refractivity contribution in [3.05, 3.63) is 12.2 Å². The number of aliphatic hydroxyl groups excluding tert-OH is 3. The zero-order chi connectivity index (χ0) is 23.1. The van der Waals surface area contributed by atoms with Crippen molar-refractivity contribution >= 4 is 5.97 Å². The predicted octanol–water partition coefficient (Wildman–Crippen LogP) is 1.98. The highest BCUT2D eigenvalue weighted by Gasteiger charge is 2.40. The van der Waals surface area contributed by atoms with Crippen molar-refractivity contribution in [2.24, 2.45) is 0 Å². The molecule has 0 amide bonds. The van der Waals surface area contributed by atoms with E-state index in [2.05, 4.69) is 18.2 Å². The standard InChI is InChI=1S/C9H16O5.C7H12O.C4H8O2.C2H6/c10-3-9-6(12)2-7-8(14-9)1-5(11)4-13-7;1-6-4-3-5-8-7(6)2;1-3-4(5)6-2;1-2/h5-12H,1-4H2;7H,1,3-5H2,2H3;3H2,1-2H3;1-2H3/t5-,6-,7+,8+,9-;;;/m1.../s1. The van der Waals surface area contributed by atoms with Crippen LogP contribution in [0.3, 0.4) is 0 Å². The zero-order valence-electron chi connectivity index (χ0n) is 19.2. The number of carbonyl (C=O) groups excluding carboxylic acids is 1. The van der Waals surface area contributed by atoms with Crippen LogP contribution in [0.4, 0.5) is 0 Å². The normalized spacial score (nSPS) is 32.6. The maximum absolute atomic E-state index is 9.96. The molecular weight excluding hydrogens is 392 g/mol. The van der Waals surface area contributed by atoms with Gasteiger partial charge in [0, 0.05) is 25.9 Å². The minimum atomic E-state index is -0.670. The van der Waals surface area contributed by atoms with Crippen LogP contribution in [0.25, 0.3) is 0 Å². The van der Waals surface area contributed by atoms with Crippen LogP contribution < -0.4 is 0 Å². The fraction of sp³-hybridized carbons (Fsp3) is 0.864. The molecule has 1 unspecified atom stereocenters. The summed E-state index contributed by atoms with van der Waals surface area (Å²) in [6.45, 7) is 12.7. The van der Waals surface area contributed by atoms with Crippen LogP contribution in [0.2, 0.25) is 0 Å². The SMILES string of the molecule is C=C1CCCOC1C.CC.CCC(=O)OC.OC[C@H]1O[C@H]2C[C@@H](O)CO[C@H]2C[C@H]1O. The molecule has 3 heterocycles. The molecule has 3 aliphatic heterocycles. The second kappa shape index (κ2) is 16.6. The average Bonchev–Trinajstić information content (AvgIpc) is 2.77. The second-order valence-corrected chi connectivity index (χ2v) is 7.16. The van der Waals surface area contributed by atoms with Crippen molar-refractivity contribution in [3.63, 3.8) is 0 Å². The first-order valence-corrected chi connectivity index (χ1v) is 10.9. The fourth-order valence-electron chi connectivity index (χ4n) is 3.09. The molecule has 8 nitrogen and oxygen atoms in total. The quantitative estimate of drug-likeness (QED) is 0.446. The van der Waals surface area contributed by atoms with E-state index in [1.165, 1.54) is 12.7 Å². The summed E-state index contributed by atoms with van der Waals surface area (Å²) < 4.78 is 20.3. The molecule has 0 radical (unpaired) electrons. The Kier molecular flexibility index (Phi) is 16.1. The fourth-order valence-corrected chi connectivity index (χ4v) is 3.09. The maximum Gasteiger partial charge on any atom is 0.305 e. The maximum atomic E-state index is 9.96. The van der Waals surface area contributed by atoms with Gasteiger partial charge in [0.15, 0.2) is 0 Å². The van der Waals surface area contributed by atoms with E-state index in [9.17, 15) is 15.0 Å². The molecule has 0 spiro atoms. The Morgan fingerprint density at radius 3 is 2.30 bits per heavy atom. The Labute approximate surface area is 181 Å². The van der Waals surface area contributed by atoms with Gasteiger partial charge in [-0.3, -0.25) is 4.79 Å². The van der Waals surface area contributed by atoms with E-state index in [-0.39, 0.29) is 24.8 Å². The predicted molar refractivity (Wildman–Crippen MR) is 114 cm³/mol. The Morgan fingerprint density at radius 1 is 1.20 bits per heavy atom. The molecule has 6 atom stereocenters. The first kappa shape index (κ1) is 29.0. The van der Waals surface area contributed by atoms with E-state index in [0.717, 1.165) is 19.4 Å². The van der Waals surface area contributed by atoms with Crippen molar-refractivity contribution in [1.82, 2.24) is 0 Å². The smallest absolute Gasteiger partial charge is 0.305 e. The minimum Gasteiger partial charge on any atom is -0.469 e. The van der Waals surface area contributed by atoms with Crippen molar-refractivity contribution in [2.75, 3.05) is 26.9 Å². The van der Waals surface area contributed by atoms with Gasteiger partial charge in [-0.15, -0.1) is 0 Å². The molecule has 3 aliphatic rings. The molecule has 0 aromatic rings. The number of hydrogen-bond donors (Lipinski definition) is 3. The third-order valence-corrected chi connectivity index (χ3v) is 4.96. The lowest BCUT2D eigenvalue weighted by atomic mass is 9.93. The van der Waals surface area contributed by atoms with Gasteiger partial charge in [-0.25, -0.2) is 0 Å². The lowest BCUT2D eigenvalue weighted by Gasteiger charge is -2.42. The lowest BCUT2D eigenvalue weighted by molar-refractivity contribution is -0.226. The molecule has 0 bridgehead atoms. The van der Waals surface area contributed by atoms with E-state index in [0.29, 0.717) is 32.0 Å². The number of carbonyl (C=O) groups is 1. The Bertz CT molecular complexity index is 464. The van der Waals surface area contributed by atoms with Gasteiger partial charge in [-0.1, -0.05) is 27.4 Å². The van der Waals surface area contributed by atoms with E-state index < -0.39 is 18.3 Å². The van der Waals surface area contributed by atoms with Crippen molar-refractivity contribution < 1.29 is 39.1 Å². The molecule has 3 fully saturated rings. The van der Waals surface area contributed by atoms with Crippen LogP contribution >= 0.6 is 0 Å². The van der Waals surface area contributed by atoms with E-state index in [1.807, 2.05) is 13.8 Å². The Balaban J connectivity index is 0.000000448. The first-order valence-electron chi connectivity index (χ1n) is 10.9. The zero-order valence-corrected chi connectivity index (χ0v) is 19.2. The van der Waals surface area contributed by atoms with Gasteiger partial charge in [0.1, 0.15) is 6.10 Å². The van der Waals surface area contributed by atoms with Crippen molar-refractivity contribution in [2.45, 2.75) is 96.4 Å². The average molecular weight is 435 g/mol. The third kappa shape index (κ3) is 10.8. The molecule has 3 rings (SSSR count). The van der Waals surface area contributed by atoms with Crippen LogP contribution in [0, 0.1) is 0 Å². The van der Waals surface area contributed by atoms with Gasteiger partial charge in [0.25, 0.3) is 0 Å². The highest BCUT2D eigenvalue weighted by molar-refractivity contribution is 5.68. The highest BCUT2D eigenvalue weighted by Crippen LogP contribution is 2.28. The summed E-state index contributed by atoms with van der Waals surface area (Å²) in [6, 6.07) is 0. The highest BCUT2D eigenvalue weighted by atomic mass is 16.6. The van der Waals surface area contributed by atoms with Gasteiger partial charge >= 0.3 is 5.97 Å². The second-order valence-electron chi connectivity index (χ2n) is 7.16. The van der Waals surface area contributed by atoms with Crippen molar-refractivity contribution in [3.8, 4) is 0 Å². The van der Waals surface area contributed by atoms with Crippen LogP contribution in [-0.2, 0) is 23.7 Å². The number of methoxy groups -OCH3 is 1. The summed E-state index contributed by atoms with van der Waals surface area (Å²) in [5.74, 6) is -0.157. The summed E-state index contributed by atoms with van der Waals surface area (Å²) in [7, 11) is 1.38. The Morgan fingerprint density at radius 2 is 1.87 bits per heavy atom. The van der Waals surface area contributed by atoms with Gasteiger partial charge in [0.2, 0.25) is 0 Å². The topological polar surface area (TPSA) is 115 Å². The molecule has 0 saturated carbocycles. The number of rotatable bonds is 2. The number of esters is 1. The van der Waals surface area contributed by atoms with E-state index in [4.69, 9.17) is 19.3 Å². The number of ether oxygens (including phenoxy) is 4. The summed E-state index contributed by atoms with van der Waals surface area (Å²) in [6.07, 6.45) is 2.05. The summed E-state index contributed by atoms with van der Waals surface area (Å²) in [5.41, 5.74) is 1.25. The molecule has 0 aliphatic carbocycles. The summed E-state index contributed by atoms with van der Waals surface area (Å²) in [4.78, 5) is 9.96. The van der Waals surface area contributed by atoms with Crippen LogP contribution in [0.1, 0.15) is 59.8 Å². The molecule has 0 aromatic carbocycles. The molecule has 0 aromatic heterocycles. The summed E-state index contributed by atoms with van der Waals surface area (Å²) in [5, 5.41) is 27.8. The van der Waals surface area contributed by atoms with Gasteiger partial charge in [-0.2, -0.15) is 0 Å².